The van der Waals surface area contributed by atoms with Crippen LogP contribution in [0.3, 0.4) is 0 Å². The average Bonchev–Trinajstić information content (AvgIpc) is 2.38. The molecule has 106 valence electrons. The Kier molecular flexibility index (Phi) is 5.69. The number of rotatable bonds is 6. The maximum absolute atomic E-state index is 13.7. The Morgan fingerprint density at radius 3 is 2.58 bits per heavy atom. The molecule has 4 nitrogen and oxygen atoms in total. The van der Waals surface area contributed by atoms with Crippen LogP contribution in [0.4, 0.5) is 14.5 Å². The van der Waals surface area contributed by atoms with E-state index in [1.165, 1.54) is 12.1 Å². The van der Waals surface area contributed by atoms with E-state index in [-0.39, 0.29) is 5.69 Å². The van der Waals surface area contributed by atoms with Crippen molar-refractivity contribution in [3.05, 3.63) is 29.3 Å². The third kappa shape index (κ3) is 4.17. The van der Waals surface area contributed by atoms with Crippen LogP contribution in [-0.2, 0) is 4.74 Å². The van der Waals surface area contributed by atoms with Gasteiger partial charge in [0.15, 0.2) is 11.6 Å². The summed E-state index contributed by atoms with van der Waals surface area (Å²) in [5.41, 5.74) is -0.359. The van der Waals surface area contributed by atoms with Gasteiger partial charge in [0.2, 0.25) is 0 Å². The number of hydrogen-bond acceptors (Lipinski definition) is 4. The summed E-state index contributed by atoms with van der Waals surface area (Å²) >= 11 is 0. The van der Waals surface area contributed by atoms with Crippen LogP contribution in [0.15, 0.2) is 12.1 Å². The van der Waals surface area contributed by atoms with E-state index >= 15 is 0 Å². The summed E-state index contributed by atoms with van der Waals surface area (Å²) < 4.78 is 31.7. The summed E-state index contributed by atoms with van der Waals surface area (Å²) in [5, 5.41) is 2.80. The van der Waals surface area contributed by atoms with Crippen molar-refractivity contribution in [3.63, 3.8) is 0 Å². The van der Waals surface area contributed by atoms with E-state index in [1.807, 2.05) is 19.0 Å². The predicted octanol–water partition coefficient (Wildman–Crippen LogP) is 2.12. The van der Waals surface area contributed by atoms with E-state index in [2.05, 4.69) is 10.1 Å². The van der Waals surface area contributed by atoms with Gasteiger partial charge in [0.05, 0.1) is 18.4 Å². The molecule has 0 saturated heterocycles. The van der Waals surface area contributed by atoms with Gasteiger partial charge in [-0.15, -0.1) is 0 Å². The molecule has 0 aromatic heterocycles. The quantitative estimate of drug-likeness (QED) is 0.636. The van der Waals surface area contributed by atoms with Crippen molar-refractivity contribution in [2.75, 3.05) is 39.6 Å². The minimum Gasteiger partial charge on any atom is -0.465 e. The van der Waals surface area contributed by atoms with E-state index in [0.717, 1.165) is 20.1 Å². The Labute approximate surface area is 111 Å². The fourth-order valence-corrected chi connectivity index (χ4v) is 1.57. The first-order valence-electron chi connectivity index (χ1n) is 5.92. The zero-order valence-electron chi connectivity index (χ0n) is 11.3. The lowest BCUT2D eigenvalue weighted by molar-refractivity contribution is 0.0594. The van der Waals surface area contributed by atoms with E-state index in [9.17, 15) is 13.6 Å². The van der Waals surface area contributed by atoms with Crippen molar-refractivity contribution in [1.29, 1.82) is 0 Å². The van der Waals surface area contributed by atoms with Crippen molar-refractivity contribution in [2.45, 2.75) is 6.42 Å². The molecule has 0 fully saturated rings. The molecule has 19 heavy (non-hydrogen) atoms. The molecule has 1 rings (SSSR count). The molecule has 0 aliphatic rings. The van der Waals surface area contributed by atoms with Crippen molar-refractivity contribution in [2.24, 2.45) is 0 Å². The van der Waals surface area contributed by atoms with E-state index < -0.39 is 23.2 Å². The van der Waals surface area contributed by atoms with Crippen LogP contribution in [0.1, 0.15) is 16.8 Å². The first-order valence-corrected chi connectivity index (χ1v) is 5.92. The highest BCUT2D eigenvalue weighted by Crippen LogP contribution is 2.21. The standard InChI is InChI=1S/C13H18F2N2O2/c1-17(2)8-4-7-16-10-6-5-9(13(18)19-3)11(14)12(10)15/h5-6,16H,4,7-8H2,1-3H3. The van der Waals surface area contributed by atoms with Gasteiger partial charge in [-0.05, 0) is 39.2 Å². The number of nitrogens with zero attached hydrogens (tertiary/aromatic N) is 1. The number of carbonyl (C=O) groups excluding carboxylic acids is 1. The Morgan fingerprint density at radius 2 is 2.00 bits per heavy atom. The second-order valence-electron chi connectivity index (χ2n) is 4.36. The van der Waals surface area contributed by atoms with Crippen molar-refractivity contribution < 1.29 is 18.3 Å². The molecule has 6 heteroatoms. The van der Waals surface area contributed by atoms with Gasteiger partial charge in [0.25, 0.3) is 0 Å². The van der Waals surface area contributed by atoms with Crippen LogP contribution < -0.4 is 5.32 Å². The lowest BCUT2D eigenvalue weighted by Gasteiger charge is -2.12. The van der Waals surface area contributed by atoms with Gasteiger partial charge in [-0.1, -0.05) is 0 Å². The van der Waals surface area contributed by atoms with Crippen LogP contribution in [0.2, 0.25) is 0 Å². The van der Waals surface area contributed by atoms with Gasteiger partial charge in [0.1, 0.15) is 0 Å². The molecule has 0 unspecified atom stereocenters. The molecular weight excluding hydrogens is 254 g/mol. The molecular formula is C13H18F2N2O2. The summed E-state index contributed by atoms with van der Waals surface area (Å²) in [7, 11) is 4.99. The fraction of sp³-hybridized carbons (Fsp3) is 0.462. The smallest absolute Gasteiger partial charge is 0.340 e. The zero-order chi connectivity index (χ0) is 14.4. The lowest BCUT2D eigenvalue weighted by atomic mass is 10.1. The zero-order valence-corrected chi connectivity index (χ0v) is 11.3. The van der Waals surface area contributed by atoms with Crippen LogP contribution in [0.25, 0.3) is 0 Å². The first kappa shape index (κ1) is 15.4. The molecule has 0 amide bonds. The Balaban J connectivity index is 2.71. The maximum atomic E-state index is 13.7. The minimum atomic E-state index is -1.19. The van der Waals surface area contributed by atoms with E-state index in [1.54, 1.807) is 0 Å². The normalized spacial score (nSPS) is 10.6. The average molecular weight is 272 g/mol. The van der Waals surface area contributed by atoms with Crippen molar-refractivity contribution in [3.8, 4) is 0 Å². The highest BCUT2D eigenvalue weighted by molar-refractivity contribution is 5.90. The fourth-order valence-electron chi connectivity index (χ4n) is 1.57. The molecule has 0 aliphatic carbocycles. The second-order valence-corrected chi connectivity index (χ2v) is 4.36. The van der Waals surface area contributed by atoms with Crippen LogP contribution in [0, 0.1) is 11.6 Å². The highest BCUT2D eigenvalue weighted by atomic mass is 19.2. The van der Waals surface area contributed by atoms with Crippen LogP contribution >= 0.6 is 0 Å². The molecule has 0 saturated carbocycles. The monoisotopic (exact) mass is 272 g/mol. The molecule has 1 N–H and O–H groups in total. The number of halogens is 2. The molecule has 0 heterocycles. The number of ether oxygens (including phenoxy) is 1. The third-order valence-corrected chi connectivity index (χ3v) is 2.59. The summed E-state index contributed by atoms with van der Waals surface area (Å²) in [4.78, 5) is 13.2. The highest BCUT2D eigenvalue weighted by Gasteiger charge is 2.18. The Hall–Kier alpha value is -1.69. The second kappa shape index (κ2) is 7.04. The molecule has 0 radical (unpaired) electrons. The minimum absolute atomic E-state index is 0.0453. The first-order chi connectivity index (χ1) is 8.97. The Morgan fingerprint density at radius 1 is 1.32 bits per heavy atom. The number of benzene rings is 1. The molecule has 0 bridgehead atoms. The van der Waals surface area contributed by atoms with Gasteiger partial charge in [0, 0.05) is 6.54 Å². The van der Waals surface area contributed by atoms with Gasteiger partial charge >= 0.3 is 5.97 Å². The Bertz CT molecular complexity index is 451. The SMILES string of the molecule is COC(=O)c1ccc(NCCCN(C)C)c(F)c1F. The predicted molar refractivity (Wildman–Crippen MR) is 69.4 cm³/mol. The number of hydrogen-bond donors (Lipinski definition) is 1. The van der Waals surface area contributed by atoms with E-state index in [0.29, 0.717) is 6.54 Å². The molecule has 0 atom stereocenters. The summed E-state index contributed by atoms with van der Waals surface area (Å²) in [6.07, 6.45) is 0.798. The molecule has 1 aromatic carbocycles. The van der Waals surface area contributed by atoms with Crippen molar-refractivity contribution >= 4 is 11.7 Å². The summed E-state index contributed by atoms with van der Waals surface area (Å²) in [6.45, 7) is 1.36. The topological polar surface area (TPSA) is 41.6 Å². The summed E-state index contributed by atoms with van der Waals surface area (Å²) in [6, 6.07) is 2.54. The number of carbonyl (C=O) groups is 1. The van der Waals surface area contributed by atoms with Crippen LogP contribution in [0.5, 0.6) is 0 Å². The van der Waals surface area contributed by atoms with E-state index in [4.69, 9.17) is 0 Å². The number of nitrogens with one attached hydrogen (secondary N) is 1. The third-order valence-electron chi connectivity index (χ3n) is 2.59. The number of esters is 1. The lowest BCUT2D eigenvalue weighted by Crippen LogP contribution is -2.17. The largest absolute Gasteiger partial charge is 0.465 e. The van der Waals surface area contributed by atoms with Gasteiger partial charge in [-0.3, -0.25) is 0 Å². The summed E-state index contributed by atoms with van der Waals surface area (Å²) in [5.74, 6) is -3.15. The van der Waals surface area contributed by atoms with Gasteiger partial charge in [-0.25, -0.2) is 13.6 Å². The molecule has 0 spiro atoms. The number of methoxy groups -OCH3 is 1. The van der Waals surface area contributed by atoms with Gasteiger partial charge < -0.3 is 15.0 Å². The van der Waals surface area contributed by atoms with Gasteiger partial charge in [-0.2, -0.15) is 0 Å². The molecule has 0 aliphatic heterocycles. The molecule has 1 aromatic rings. The van der Waals surface area contributed by atoms with Crippen LogP contribution in [-0.4, -0.2) is 45.2 Å². The maximum Gasteiger partial charge on any atom is 0.340 e. The number of anilines is 1. The van der Waals surface area contributed by atoms with Crippen molar-refractivity contribution in [1.82, 2.24) is 4.90 Å².